The van der Waals surface area contributed by atoms with E-state index in [1.807, 2.05) is 49.3 Å². The van der Waals surface area contributed by atoms with Crippen LogP contribution in [0.25, 0.3) is 0 Å². The molecule has 0 bridgehead atoms. The smallest absolute Gasteiger partial charge is 0.115 e. The minimum absolute atomic E-state index is 0.322. The van der Waals surface area contributed by atoms with E-state index in [1.165, 1.54) is 0 Å². The van der Waals surface area contributed by atoms with Crippen molar-refractivity contribution in [2.24, 2.45) is 0 Å². The van der Waals surface area contributed by atoms with Gasteiger partial charge in [-0.05, 0) is 12.1 Å². The lowest BCUT2D eigenvalue weighted by Crippen LogP contribution is -1.56. The van der Waals surface area contributed by atoms with E-state index in [2.05, 4.69) is 4.74 Å². The van der Waals surface area contributed by atoms with Gasteiger partial charge in [0.1, 0.15) is 12.5 Å². The summed E-state index contributed by atoms with van der Waals surface area (Å²) in [6, 6.07) is 20.7. The minimum Gasteiger partial charge on any atom is -0.508 e. The fourth-order valence-corrected chi connectivity index (χ4v) is 0.813. The molecule has 0 amide bonds. The van der Waals surface area contributed by atoms with Crippen molar-refractivity contribution in [3.63, 3.8) is 0 Å². The van der Waals surface area contributed by atoms with Crippen LogP contribution in [0.5, 0.6) is 5.75 Å². The van der Waals surface area contributed by atoms with Gasteiger partial charge in [0.25, 0.3) is 0 Å². The molecule has 2 aromatic carbocycles. The fourth-order valence-electron chi connectivity index (χ4n) is 0.813. The van der Waals surface area contributed by atoms with Crippen molar-refractivity contribution in [3.8, 4) is 5.75 Å². The Morgan fingerprint density at radius 3 is 1.22 bits per heavy atom. The zero-order valence-corrected chi connectivity index (χ0v) is 10.2. The first-order chi connectivity index (χ1) is 8.89. The van der Waals surface area contributed by atoms with Crippen LogP contribution in [0.1, 0.15) is 0 Å². The van der Waals surface area contributed by atoms with E-state index in [9.17, 15) is 0 Å². The summed E-state index contributed by atoms with van der Waals surface area (Å²) in [4.78, 5) is 8.00. The molecule has 3 nitrogen and oxygen atoms in total. The number of phenolic OH excluding ortho intramolecular Hbond substituents is 1. The van der Waals surface area contributed by atoms with Crippen LogP contribution in [0.4, 0.5) is 0 Å². The molecule has 0 aromatic heterocycles. The Morgan fingerprint density at radius 2 is 1.06 bits per heavy atom. The summed E-state index contributed by atoms with van der Waals surface area (Å²) in [5, 5.41) is 8.63. The summed E-state index contributed by atoms with van der Waals surface area (Å²) in [6.07, 6.45) is 0. The summed E-state index contributed by atoms with van der Waals surface area (Å²) >= 11 is 0. The van der Waals surface area contributed by atoms with Crippen LogP contribution in [-0.2, 0) is 9.53 Å². The molecule has 0 spiro atoms. The van der Waals surface area contributed by atoms with E-state index in [-0.39, 0.29) is 0 Å². The van der Waals surface area contributed by atoms with Gasteiger partial charge in [-0.2, -0.15) is 0 Å². The van der Waals surface area contributed by atoms with E-state index in [0.717, 1.165) is 13.2 Å². The highest BCUT2D eigenvalue weighted by atomic mass is 16.6. The van der Waals surface area contributed by atoms with E-state index >= 15 is 0 Å². The Hall–Kier alpha value is -2.13. The fraction of sp³-hybridized carbons (Fsp3) is 0.133. The summed E-state index contributed by atoms with van der Waals surface area (Å²) in [6.45, 7) is 4.00. The molecular weight excluding hydrogens is 228 g/mol. The van der Waals surface area contributed by atoms with E-state index in [0.29, 0.717) is 5.75 Å². The number of carbonyl (C=O) groups excluding carboxylic acids is 1. The van der Waals surface area contributed by atoms with Crippen LogP contribution in [0.3, 0.4) is 0 Å². The van der Waals surface area contributed by atoms with Crippen molar-refractivity contribution in [3.05, 3.63) is 66.7 Å². The Morgan fingerprint density at radius 1 is 0.778 bits per heavy atom. The van der Waals surface area contributed by atoms with Crippen molar-refractivity contribution in [2.75, 3.05) is 13.2 Å². The number of ether oxygens (including phenoxy) is 1. The lowest BCUT2D eigenvalue weighted by molar-refractivity contribution is -0.0979. The summed E-state index contributed by atoms with van der Waals surface area (Å²) in [5.41, 5.74) is 0. The van der Waals surface area contributed by atoms with Crippen LogP contribution in [-0.4, -0.2) is 25.1 Å². The molecule has 1 N–H and O–H groups in total. The van der Waals surface area contributed by atoms with Gasteiger partial charge in [0, 0.05) is 0 Å². The van der Waals surface area contributed by atoms with Crippen LogP contribution in [0.2, 0.25) is 0 Å². The first-order valence-corrected chi connectivity index (χ1v) is 5.50. The highest BCUT2D eigenvalue weighted by Gasteiger charge is 1.94. The summed E-state index contributed by atoms with van der Waals surface area (Å²) < 4.78 is 4.50. The van der Waals surface area contributed by atoms with E-state index in [4.69, 9.17) is 9.90 Å². The van der Waals surface area contributed by atoms with Crippen molar-refractivity contribution < 1.29 is 14.6 Å². The Bertz CT molecular complexity index is 331. The number of rotatable bonds is 0. The lowest BCUT2D eigenvalue weighted by Gasteiger charge is -1.82. The van der Waals surface area contributed by atoms with Crippen LogP contribution >= 0.6 is 0 Å². The van der Waals surface area contributed by atoms with Crippen LogP contribution < -0.4 is 0 Å². The number of aromatic hydroxyl groups is 1. The Labute approximate surface area is 108 Å². The number of carbonyl (C=O) groups is 1. The van der Waals surface area contributed by atoms with Gasteiger partial charge in [0.05, 0.1) is 13.2 Å². The first-order valence-electron chi connectivity index (χ1n) is 5.50. The number of hydrogen-bond donors (Lipinski definition) is 1. The molecule has 0 aliphatic carbocycles. The molecule has 1 fully saturated rings. The SMILES string of the molecule is C1CO1.C=O.Oc1ccccc1.c1ccccc1. The van der Waals surface area contributed by atoms with Crippen molar-refractivity contribution in [2.45, 2.75) is 0 Å². The van der Waals surface area contributed by atoms with Gasteiger partial charge in [-0.15, -0.1) is 0 Å². The van der Waals surface area contributed by atoms with E-state index in [1.54, 1.807) is 24.3 Å². The molecule has 18 heavy (non-hydrogen) atoms. The lowest BCUT2D eigenvalue weighted by atomic mass is 10.3. The molecule has 96 valence electrons. The molecule has 1 aliphatic rings. The van der Waals surface area contributed by atoms with E-state index < -0.39 is 0 Å². The molecule has 1 heterocycles. The molecule has 0 unspecified atom stereocenters. The molecule has 0 atom stereocenters. The maximum Gasteiger partial charge on any atom is 0.115 e. The number of phenols is 1. The second kappa shape index (κ2) is 12.9. The van der Waals surface area contributed by atoms with Crippen molar-refractivity contribution >= 4 is 6.79 Å². The number of hydrogen-bond acceptors (Lipinski definition) is 3. The quantitative estimate of drug-likeness (QED) is 0.727. The third-order valence-electron chi connectivity index (χ3n) is 1.63. The topological polar surface area (TPSA) is 49.8 Å². The molecule has 1 saturated heterocycles. The highest BCUT2D eigenvalue weighted by Crippen LogP contribution is 2.02. The molecule has 0 radical (unpaired) electrons. The maximum atomic E-state index is 8.63. The zero-order chi connectivity index (χ0) is 13.5. The molecule has 2 aromatic rings. The summed E-state index contributed by atoms with van der Waals surface area (Å²) in [7, 11) is 0. The molecule has 3 rings (SSSR count). The van der Waals surface area contributed by atoms with Gasteiger partial charge in [0.2, 0.25) is 0 Å². The van der Waals surface area contributed by atoms with Gasteiger partial charge in [-0.3, -0.25) is 0 Å². The average molecular weight is 246 g/mol. The molecule has 0 saturated carbocycles. The second-order valence-corrected chi connectivity index (χ2v) is 3.10. The molecular formula is C15H18O3. The number of benzene rings is 2. The predicted molar refractivity (Wildman–Crippen MR) is 72.5 cm³/mol. The van der Waals surface area contributed by atoms with Gasteiger partial charge >= 0.3 is 0 Å². The normalized spacial score (nSPS) is 10.2. The van der Waals surface area contributed by atoms with Crippen molar-refractivity contribution in [1.82, 2.24) is 0 Å². The van der Waals surface area contributed by atoms with Gasteiger partial charge in [-0.25, -0.2) is 0 Å². The second-order valence-electron chi connectivity index (χ2n) is 3.10. The van der Waals surface area contributed by atoms with Crippen molar-refractivity contribution in [1.29, 1.82) is 0 Å². The summed E-state index contributed by atoms with van der Waals surface area (Å²) in [5.74, 6) is 0.322. The molecule has 3 heteroatoms. The minimum atomic E-state index is 0.322. The molecule has 1 aliphatic heterocycles. The first kappa shape index (κ1) is 15.9. The Kier molecular flexibility index (Phi) is 11.4. The van der Waals surface area contributed by atoms with Gasteiger partial charge < -0.3 is 14.6 Å². The monoisotopic (exact) mass is 246 g/mol. The average Bonchev–Trinajstić information content (AvgIpc) is 3.33. The number of epoxide rings is 1. The van der Waals surface area contributed by atoms with Crippen LogP contribution in [0.15, 0.2) is 66.7 Å². The van der Waals surface area contributed by atoms with Gasteiger partial charge in [-0.1, -0.05) is 54.6 Å². The maximum absolute atomic E-state index is 8.63. The van der Waals surface area contributed by atoms with Gasteiger partial charge in [0.15, 0.2) is 0 Å². The Balaban J connectivity index is 0.000000238. The number of para-hydroxylation sites is 1. The largest absolute Gasteiger partial charge is 0.508 e. The highest BCUT2D eigenvalue weighted by molar-refractivity contribution is 5.18. The van der Waals surface area contributed by atoms with Crippen LogP contribution in [0, 0.1) is 0 Å². The third-order valence-corrected chi connectivity index (χ3v) is 1.63. The standard InChI is InChI=1S/C6H6O.C6H6.C2H4O.CH2O/c7-6-4-2-1-3-5-6;1-2-4-6-5-3-1;1-2-3-1;1-2/h1-5,7H;1-6H;1-2H2;1H2. The zero-order valence-electron chi connectivity index (χ0n) is 10.2. The third kappa shape index (κ3) is 13.9. The predicted octanol–water partition coefficient (Wildman–Crippen LogP) is 2.91.